The number of hydrogen-bond acceptors (Lipinski definition) is 4. The summed E-state index contributed by atoms with van der Waals surface area (Å²) in [4.78, 5) is 6.73. The van der Waals surface area contributed by atoms with E-state index in [4.69, 9.17) is 0 Å². The Morgan fingerprint density at radius 2 is 2.11 bits per heavy atom. The Balaban J connectivity index is 2.15. The highest BCUT2D eigenvalue weighted by Crippen LogP contribution is 2.16. The predicted molar refractivity (Wildman–Crippen MR) is 77.1 cm³/mol. The smallest absolute Gasteiger partial charge is 0.129 e. The molecule has 0 aromatic carbocycles. The van der Waals surface area contributed by atoms with Gasteiger partial charge in [-0.15, -0.1) is 0 Å². The van der Waals surface area contributed by atoms with E-state index in [0.29, 0.717) is 0 Å². The summed E-state index contributed by atoms with van der Waals surface area (Å²) in [6.45, 7) is 3.70. The Labute approximate surface area is 114 Å². The van der Waals surface area contributed by atoms with Crippen LogP contribution in [0.3, 0.4) is 0 Å². The number of nitrogens with one attached hydrogen (secondary N) is 1. The van der Waals surface area contributed by atoms with Crippen LogP contribution >= 0.6 is 0 Å². The number of anilines is 1. The maximum absolute atomic E-state index is 4.59. The number of pyridine rings is 1. The predicted octanol–water partition coefficient (Wildman–Crippen LogP) is 1.48. The molecule has 2 aromatic heterocycles. The van der Waals surface area contributed by atoms with Crippen LogP contribution < -0.4 is 10.2 Å². The maximum Gasteiger partial charge on any atom is 0.129 e. The van der Waals surface area contributed by atoms with Crippen LogP contribution in [0.4, 0.5) is 5.82 Å². The lowest BCUT2D eigenvalue weighted by atomic mass is 10.2. The van der Waals surface area contributed by atoms with Gasteiger partial charge in [0, 0.05) is 44.6 Å². The van der Waals surface area contributed by atoms with Gasteiger partial charge in [-0.3, -0.25) is 4.68 Å². The molecule has 0 atom stereocenters. The van der Waals surface area contributed by atoms with Gasteiger partial charge in [0.15, 0.2) is 0 Å². The van der Waals surface area contributed by atoms with Crippen molar-refractivity contribution in [3.8, 4) is 0 Å². The fraction of sp³-hybridized carbons (Fsp3) is 0.429. The molecule has 0 aliphatic heterocycles. The summed E-state index contributed by atoms with van der Waals surface area (Å²) in [5.74, 6) is 0.995. The van der Waals surface area contributed by atoms with Gasteiger partial charge >= 0.3 is 0 Å². The summed E-state index contributed by atoms with van der Waals surface area (Å²) in [5.41, 5.74) is 3.48. The van der Waals surface area contributed by atoms with E-state index in [2.05, 4.69) is 39.5 Å². The monoisotopic (exact) mass is 259 g/mol. The fourth-order valence-electron chi connectivity index (χ4n) is 2.13. The Morgan fingerprint density at radius 1 is 1.32 bits per heavy atom. The van der Waals surface area contributed by atoms with Crippen molar-refractivity contribution in [3.05, 3.63) is 41.3 Å². The lowest BCUT2D eigenvalue weighted by molar-refractivity contribution is 0.766. The van der Waals surface area contributed by atoms with Crippen molar-refractivity contribution in [3.63, 3.8) is 0 Å². The first-order valence-corrected chi connectivity index (χ1v) is 6.39. The third-order valence-corrected chi connectivity index (χ3v) is 2.95. The van der Waals surface area contributed by atoms with Crippen molar-refractivity contribution in [1.82, 2.24) is 20.1 Å². The van der Waals surface area contributed by atoms with Crippen LogP contribution in [0.2, 0.25) is 0 Å². The molecule has 102 valence electrons. The summed E-state index contributed by atoms with van der Waals surface area (Å²) in [6, 6.07) is 4.23. The first kappa shape index (κ1) is 13.5. The molecule has 0 aliphatic rings. The van der Waals surface area contributed by atoms with Gasteiger partial charge in [-0.05, 0) is 31.7 Å². The Kier molecular flexibility index (Phi) is 4.16. The van der Waals surface area contributed by atoms with Gasteiger partial charge < -0.3 is 10.2 Å². The van der Waals surface area contributed by atoms with E-state index in [0.717, 1.165) is 24.6 Å². The highest BCUT2D eigenvalue weighted by molar-refractivity contribution is 5.42. The van der Waals surface area contributed by atoms with Crippen molar-refractivity contribution in [2.75, 3.05) is 19.0 Å². The van der Waals surface area contributed by atoms with Gasteiger partial charge in [-0.25, -0.2) is 4.98 Å². The fourth-order valence-corrected chi connectivity index (χ4v) is 2.13. The van der Waals surface area contributed by atoms with Crippen LogP contribution in [0.15, 0.2) is 24.5 Å². The molecule has 5 heteroatoms. The second-order valence-corrected chi connectivity index (χ2v) is 4.88. The minimum absolute atomic E-state index is 0.809. The third kappa shape index (κ3) is 3.54. The maximum atomic E-state index is 4.59. The van der Waals surface area contributed by atoms with E-state index in [9.17, 15) is 0 Å². The quantitative estimate of drug-likeness (QED) is 0.883. The molecule has 0 radical (unpaired) electrons. The Bertz CT molecular complexity index is 547. The molecule has 0 aliphatic carbocycles. The molecule has 2 heterocycles. The molecule has 0 unspecified atom stereocenters. The molecule has 19 heavy (non-hydrogen) atoms. The van der Waals surface area contributed by atoms with Gasteiger partial charge in [0.1, 0.15) is 5.82 Å². The van der Waals surface area contributed by atoms with Crippen molar-refractivity contribution < 1.29 is 0 Å². The van der Waals surface area contributed by atoms with Crippen LogP contribution in [-0.4, -0.2) is 28.9 Å². The van der Waals surface area contributed by atoms with E-state index >= 15 is 0 Å². The van der Waals surface area contributed by atoms with Gasteiger partial charge in [-0.1, -0.05) is 0 Å². The van der Waals surface area contributed by atoms with Crippen molar-refractivity contribution in [2.24, 2.45) is 7.05 Å². The minimum Gasteiger partial charge on any atom is -0.355 e. The Morgan fingerprint density at radius 3 is 2.74 bits per heavy atom. The van der Waals surface area contributed by atoms with Gasteiger partial charge in [0.25, 0.3) is 0 Å². The van der Waals surface area contributed by atoms with E-state index in [1.165, 1.54) is 11.1 Å². The lowest BCUT2D eigenvalue weighted by Gasteiger charge is -2.18. The van der Waals surface area contributed by atoms with E-state index < -0.39 is 0 Å². The molecule has 2 aromatic rings. The van der Waals surface area contributed by atoms with Gasteiger partial charge in [0.05, 0.1) is 6.20 Å². The van der Waals surface area contributed by atoms with Crippen LogP contribution in [0.5, 0.6) is 0 Å². The molecular formula is C14H21N5. The molecule has 0 spiro atoms. The van der Waals surface area contributed by atoms with Gasteiger partial charge in [0.2, 0.25) is 0 Å². The summed E-state index contributed by atoms with van der Waals surface area (Å²) in [5, 5.41) is 7.36. The van der Waals surface area contributed by atoms with Crippen molar-refractivity contribution >= 4 is 5.82 Å². The first-order chi connectivity index (χ1) is 9.08. The molecule has 0 amide bonds. The zero-order valence-corrected chi connectivity index (χ0v) is 12.0. The Hall–Kier alpha value is -1.88. The van der Waals surface area contributed by atoms with Crippen molar-refractivity contribution in [1.29, 1.82) is 0 Å². The average molecular weight is 259 g/mol. The average Bonchev–Trinajstić information content (AvgIpc) is 2.74. The number of nitrogens with zero attached hydrogens (tertiary/aromatic N) is 4. The first-order valence-electron chi connectivity index (χ1n) is 6.39. The highest BCUT2D eigenvalue weighted by Gasteiger charge is 2.07. The van der Waals surface area contributed by atoms with Crippen LogP contribution in [0.1, 0.15) is 16.8 Å². The van der Waals surface area contributed by atoms with E-state index in [1.807, 2.05) is 38.1 Å². The van der Waals surface area contributed by atoms with Crippen LogP contribution in [0, 0.1) is 6.92 Å². The largest absolute Gasteiger partial charge is 0.355 e. The second kappa shape index (κ2) is 5.84. The molecule has 0 fully saturated rings. The summed E-state index contributed by atoms with van der Waals surface area (Å²) in [7, 11) is 5.94. The molecule has 0 saturated heterocycles. The summed E-state index contributed by atoms with van der Waals surface area (Å²) in [6.07, 6.45) is 3.92. The second-order valence-electron chi connectivity index (χ2n) is 4.88. The van der Waals surface area contributed by atoms with E-state index in [-0.39, 0.29) is 0 Å². The third-order valence-electron chi connectivity index (χ3n) is 2.95. The molecular weight excluding hydrogens is 238 g/mol. The normalized spacial score (nSPS) is 10.7. The SMILES string of the molecule is CNCc1cc(C)nc(N(C)Cc2cnn(C)c2)c1. The van der Waals surface area contributed by atoms with Crippen molar-refractivity contribution in [2.45, 2.75) is 20.0 Å². The number of hydrogen-bond donors (Lipinski definition) is 1. The zero-order chi connectivity index (χ0) is 13.8. The summed E-state index contributed by atoms with van der Waals surface area (Å²) >= 11 is 0. The topological polar surface area (TPSA) is 46.0 Å². The van der Waals surface area contributed by atoms with Crippen LogP contribution in [0.25, 0.3) is 0 Å². The number of aromatic nitrogens is 3. The van der Waals surface area contributed by atoms with Crippen LogP contribution in [-0.2, 0) is 20.1 Å². The number of aryl methyl sites for hydroxylation is 2. The standard InChI is InChI=1S/C14H21N5/c1-11-5-12(7-15-2)6-14(17-11)18(3)9-13-8-16-19(4)10-13/h5-6,8,10,15H,7,9H2,1-4H3. The highest BCUT2D eigenvalue weighted by atomic mass is 15.2. The summed E-state index contributed by atoms with van der Waals surface area (Å²) < 4.78 is 1.82. The van der Waals surface area contributed by atoms with E-state index in [1.54, 1.807) is 0 Å². The molecule has 0 saturated carbocycles. The minimum atomic E-state index is 0.809. The lowest BCUT2D eigenvalue weighted by Crippen LogP contribution is -2.18. The van der Waals surface area contributed by atoms with Gasteiger partial charge in [-0.2, -0.15) is 5.10 Å². The zero-order valence-electron chi connectivity index (χ0n) is 12.0. The molecule has 0 bridgehead atoms. The number of rotatable bonds is 5. The molecule has 2 rings (SSSR count). The molecule has 5 nitrogen and oxygen atoms in total. The molecule has 1 N–H and O–H groups in total.